The lowest BCUT2D eigenvalue weighted by molar-refractivity contribution is -0.140. The number of carbonyl (C=O) groups is 1. The van der Waals surface area contributed by atoms with E-state index in [0.717, 1.165) is 18.9 Å². The summed E-state index contributed by atoms with van der Waals surface area (Å²) >= 11 is 0. The third-order valence-corrected chi connectivity index (χ3v) is 3.96. The summed E-state index contributed by atoms with van der Waals surface area (Å²) in [5.41, 5.74) is 3.45. The number of hydrogen-bond donors (Lipinski definition) is 2. The van der Waals surface area contributed by atoms with Crippen LogP contribution in [-0.4, -0.2) is 12.5 Å². The Morgan fingerprint density at radius 3 is 2.43 bits per heavy atom. The number of nitrogens with two attached hydrogens (primary N) is 1. The molecule has 0 radical (unpaired) electrons. The predicted octanol–water partition coefficient (Wildman–Crippen LogP) is 3.30. The van der Waals surface area contributed by atoms with Gasteiger partial charge in [0.15, 0.2) is 0 Å². The Bertz CT molecular complexity index is 536. The second kappa shape index (κ2) is 5.63. The molecular weight excluding hydrogens is 288 g/mol. The zero-order valence-corrected chi connectivity index (χ0v) is 11.3. The molecule has 0 spiro atoms. The lowest BCUT2D eigenvalue weighted by Gasteiger charge is -2.25. The van der Waals surface area contributed by atoms with E-state index >= 15 is 0 Å². The monoisotopic (exact) mass is 304 g/mol. The molecule has 3 nitrogen and oxygen atoms in total. The SMILES string of the molecule is NCC1(C(=O)Nc2ccc(F)c(C(F)(F)F)c2)CCCC1. The number of hydrogen-bond acceptors (Lipinski definition) is 2. The van der Waals surface area contributed by atoms with Crippen LogP contribution in [0.5, 0.6) is 0 Å². The van der Waals surface area contributed by atoms with Crippen molar-refractivity contribution >= 4 is 11.6 Å². The van der Waals surface area contributed by atoms with Crippen molar-refractivity contribution in [3.63, 3.8) is 0 Å². The van der Waals surface area contributed by atoms with E-state index in [2.05, 4.69) is 5.32 Å². The average Bonchev–Trinajstić information content (AvgIpc) is 2.89. The number of amides is 1. The van der Waals surface area contributed by atoms with Crippen molar-refractivity contribution in [2.45, 2.75) is 31.9 Å². The van der Waals surface area contributed by atoms with Crippen LogP contribution in [0.3, 0.4) is 0 Å². The van der Waals surface area contributed by atoms with Gasteiger partial charge in [-0.05, 0) is 31.0 Å². The van der Waals surface area contributed by atoms with Gasteiger partial charge in [0.1, 0.15) is 5.82 Å². The standard InChI is InChI=1S/C14H16F4N2O/c15-11-4-3-9(7-10(11)14(16,17)18)20-12(21)13(8-19)5-1-2-6-13/h3-4,7H,1-2,5-6,8,19H2,(H,20,21). The van der Waals surface area contributed by atoms with Gasteiger partial charge in [0.2, 0.25) is 5.91 Å². The lowest BCUT2D eigenvalue weighted by atomic mass is 9.85. The first-order chi connectivity index (χ1) is 9.78. The molecule has 21 heavy (non-hydrogen) atoms. The molecule has 0 saturated heterocycles. The topological polar surface area (TPSA) is 55.1 Å². The van der Waals surface area contributed by atoms with E-state index in [0.29, 0.717) is 25.0 Å². The molecule has 1 fully saturated rings. The maximum Gasteiger partial charge on any atom is 0.419 e. The van der Waals surface area contributed by atoms with E-state index < -0.39 is 28.9 Å². The molecule has 0 unspecified atom stereocenters. The Hall–Kier alpha value is -1.63. The van der Waals surface area contributed by atoms with Gasteiger partial charge in [-0.25, -0.2) is 4.39 Å². The number of alkyl halides is 3. The smallest absolute Gasteiger partial charge is 0.329 e. The molecule has 3 N–H and O–H groups in total. The Kier molecular flexibility index (Phi) is 4.22. The van der Waals surface area contributed by atoms with Crippen LogP contribution in [0.1, 0.15) is 31.2 Å². The number of anilines is 1. The Labute approximate surface area is 119 Å². The summed E-state index contributed by atoms with van der Waals surface area (Å²) in [6.07, 6.45) is -1.85. The van der Waals surface area contributed by atoms with Crippen molar-refractivity contribution in [1.82, 2.24) is 0 Å². The van der Waals surface area contributed by atoms with Gasteiger partial charge < -0.3 is 11.1 Å². The molecule has 1 aliphatic carbocycles. The zero-order chi connectivity index (χ0) is 15.7. The zero-order valence-electron chi connectivity index (χ0n) is 11.3. The number of nitrogens with one attached hydrogen (secondary N) is 1. The quantitative estimate of drug-likeness (QED) is 0.842. The summed E-state index contributed by atoms with van der Waals surface area (Å²) in [6, 6.07) is 2.41. The highest BCUT2D eigenvalue weighted by Crippen LogP contribution is 2.39. The fourth-order valence-electron chi connectivity index (χ4n) is 2.66. The summed E-state index contributed by atoms with van der Waals surface area (Å²) in [5.74, 6) is -1.77. The second-order valence-corrected chi connectivity index (χ2v) is 5.34. The minimum Gasteiger partial charge on any atom is -0.329 e. The van der Waals surface area contributed by atoms with Crippen LogP contribution >= 0.6 is 0 Å². The van der Waals surface area contributed by atoms with Crippen molar-refractivity contribution in [3.05, 3.63) is 29.6 Å². The van der Waals surface area contributed by atoms with E-state index in [4.69, 9.17) is 5.73 Å². The van der Waals surface area contributed by atoms with Crippen LogP contribution in [0.15, 0.2) is 18.2 Å². The van der Waals surface area contributed by atoms with Crippen molar-refractivity contribution < 1.29 is 22.4 Å². The predicted molar refractivity (Wildman–Crippen MR) is 70.0 cm³/mol. The highest BCUT2D eigenvalue weighted by molar-refractivity contribution is 5.95. The first kappa shape index (κ1) is 15.8. The molecule has 7 heteroatoms. The van der Waals surface area contributed by atoms with Gasteiger partial charge in [0.25, 0.3) is 0 Å². The molecule has 0 bridgehead atoms. The fourth-order valence-corrected chi connectivity index (χ4v) is 2.66. The molecule has 2 rings (SSSR count). The Balaban J connectivity index is 2.22. The summed E-state index contributed by atoms with van der Waals surface area (Å²) in [5, 5.41) is 2.43. The highest BCUT2D eigenvalue weighted by Gasteiger charge is 2.40. The van der Waals surface area contributed by atoms with Crippen LogP contribution < -0.4 is 11.1 Å². The molecule has 116 valence electrons. The van der Waals surface area contributed by atoms with Crippen LogP contribution in [0.2, 0.25) is 0 Å². The molecule has 0 atom stereocenters. The number of benzene rings is 1. The molecular formula is C14H16F4N2O. The summed E-state index contributed by atoms with van der Waals surface area (Å²) in [6.45, 7) is 0.145. The molecule has 0 aliphatic heterocycles. The minimum absolute atomic E-state index is 0.0755. The molecule has 1 aliphatic rings. The molecule has 1 saturated carbocycles. The van der Waals surface area contributed by atoms with E-state index in [9.17, 15) is 22.4 Å². The number of rotatable bonds is 3. The van der Waals surface area contributed by atoms with Gasteiger partial charge in [-0.2, -0.15) is 13.2 Å². The molecule has 0 aromatic heterocycles. The average molecular weight is 304 g/mol. The van der Waals surface area contributed by atoms with Crippen LogP contribution in [0.4, 0.5) is 23.2 Å². The molecule has 0 heterocycles. The van der Waals surface area contributed by atoms with Crippen LogP contribution in [0.25, 0.3) is 0 Å². The van der Waals surface area contributed by atoms with Gasteiger partial charge in [-0.15, -0.1) is 0 Å². The van der Waals surface area contributed by atoms with E-state index in [1.54, 1.807) is 0 Å². The molecule has 1 amide bonds. The maximum absolute atomic E-state index is 13.2. The first-order valence-corrected chi connectivity index (χ1v) is 6.67. The van der Waals surface area contributed by atoms with Crippen LogP contribution in [0, 0.1) is 11.2 Å². The fraction of sp³-hybridized carbons (Fsp3) is 0.500. The van der Waals surface area contributed by atoms with Gasteiger partial charge in [0.05, 0.1) is 11.0 Å². The largest absolute Gasteiger partial charge is 0.419 e. The molecule has 1 aromatic carbocycles. The van der Waals surface area contributed by atoms with Crippen molar-refractivity contribution in [3.8, 4) is 0 Å². The highest BCUT2D eigenvalue weighted by atomic mass is 19.4. The summed E-state index contributed by atoms with van der Waals surface area (Å²) < 4.78 is 51.1. The number of halogens is 4. The molecule has 1 aromatic rings. The normalized spacial score (nSPS) is 17.8. The van der Waals surface area contributed by atoms with Gasteiger partial charge in [-0.1, -0.05) is 12.8 Å². The maximum atomic E-state index is 13.2. The number of carbonyl (C=O) groups excluding carboxylic acids is 1. The third-order valence-electron chi connectivity index (χ3n) is 3.96. The van der Waals surface area contributed by atoms with Gasteiger partial charge in [-0.3, -0.25) is 4.79 Å². The Morgan fingerprint density at radius 2 is 1.90 bits per heavy atom. The first-order valence-electron chi connectivity index (χ1n) is 6.67. The van der Waals surface area contributed by atoms with Crippen molar-refractivity contribution in [2.24, 2.45) is 11.1 Å². The van der Waals surface area contributed by atoms with Crippen molar-refractivity contribution in [1.29, 1.82) is 0 Å². The van der Waals surface area contributed by atoms with E-state index in [-0.39, 0.29) is 12.2 Å². The van der Waals surface area contributed by atoms with E-state index in [1.807, 2.05) is 0 Å². The Morgan fingerprint density at radius 1 is 1.29 bits per heavy atom. The van der Waals surface area contributed by atoms with Crippen LogP contribution in [-0.2, 0) is 11.0 Å². The van der Waals surface area contributed by atoms with E-state index in [1.165, 1.54) is 0 Å². The second-order valence-electron chi connectivity index (χ2n) is 5.34. The summed E-state index contributed by atoms with van der Waals surface area (Å²) in [4.78, 5) is 12.2. The lowest BCUT2D eigenvalue weighted by Crippen LogP contribution is -2.40. The van der Waals surface area contributed by atoms with Gasteiger partial charge >= 0.3 is 6.18 Å². The third kappa shape index (κ3) is 3.18. The van der Waals surface area contributed by atoms with Crippen molar-refractivity contribution in [2.75, 3.05) is 11.9 Å². The minimum atomic E-state index is -4.80. The van der Waals surface area contributed by atoms with Gasteiger partial charge in [0, 0.05) is 12.2 Å². The summed E-state index contributed by atoms with van der Waals surface area (Å²) in [7, 11) is 0.